The first-order valence-corrected chi connectivity index (χ1v) is 7.78. The van der Waals surface area contributed by atoms with Gasteiger partial charge in [0.05, 0.1) is 6.10 Å². The van der Waals surface area contributed by atoms with Gasteiger partial charge in [-0.3, -0.25) is 4.79 Å². The molecule has 2 aromatic rings. The molecule has 0 spiro atoms. The average Bonchev–Trinajstić information content (AvgIpc) is 2.78. The molecule has 2 rings (SSSR count). The lowest BCUT2D eigenvalue weighted by Crippen LogP contribution is -2.28. The summed E-state index contributed by atoms with van der Waals surface area (Å²) in [5.74, 6) is -0.203. The minimum Gasteiger partial charge on any atom is -0.392 e. The Morgan fingerprint density at radius 3 is 2.52 bits per heavy atom. The number of amides is 1. The average molecular weight is 312 g/mol. The Labute approximate surface area is 137 Å². The molecule has 0 aliphatic heterocycles. The van der Waals surface area contributed by atoms with E-state index in [1.54, 1.807) is 6.92 Å². The van der Waals surface area contributed by atoms with Crippen molar-refractivity contribution in [2.45, 2.75) is 33.8 Å². The van der Waals surface area contributed by atoms with Crippen molar-refractivity contribution in [3.8, 4) is 5.69 Å². The third-order valence-corrected chi connectivity index (χ3v) is 3.75. The maximum Gasteiger partial charge on any atom is 0.244 e. The van der Waals surface area contributed by atoms with Gasteiger partial charge in [-0.05, 0) is 57.5 Å². The van der Waals surface area contributed by atoms with Gasteiger partial charge in [-0.2, -0.15) is 0 Å². The summed E-state index contributed by atoms with van der Waals surface area (Å²) in [6.07, 6.45) is 2.77. The number of hydrogen-bond donors (Lipinski definition) is 2. The Morgan fingerprint density at radius 1 is 1.26 bits per heavy atom. The fourth-order valence-corrected chi connectivity index (χ4v) is 2.52. The van der Waals surface area contributed by atoms with Crippen molar-refractivity contribution < 1.29 is 9.90 Å². The Hall–Kier alpha value is -2.33. The summed E-state index contributed by atoms with van der Waals surface area (Å²) >= 11 is 0. The predicted octanol–water partition coefficient (Wildman–Crippen LogP) is 2.91. The highest BCUT2D eigenvalue weighted by Gasteiger charge is 2.09. The number of benzene rings is 1. The Balaban J connectivity index is 2.20. The SMILES string of the molecule is Cc1ccc(-n2c(C)cc(/C=C/C(=O)NCC(C)O)c2C)cc1. The molecule has 1 amide bonds. The first-order valence-electron chi connectivity index (χ1n) is 7.78. The van der Waals surface area contributed by atoms with Crippen LogP contribution in [-0.2, 0) is 4.79 Å². The molecule has 4 nitrogen and oxygen atoms in total. The van der Waals surface area contributed by atoms with Crippen LogP contribution in [0.3, 0.4) is 0 Å². The first kappa shape index (κ1) is 17.0. The maximum atomic E-state index is 11.7. The molecular weight excluding hydrogens is 288 g/mol. The van der Waals surface area contributed by atoms with Crippen molar-refractivity contribution in [2.75, 3.05) is 6.54 Å². The number of carbonyl (C=O) groups excluding carboxylic acids is 1. The van der Waals surface area contributed by atoms with Crippen molar-refractivity contribution in [3.63, 3.8) is 0 Å². The van der Waals surface area contributed by atoms with Crippen LogP contribution in [0.2, 0.25) is 0 Å². The molecule has 1 aromatic heterocycles. The highest BCUT2D eigenvalue weighted by atomic mass is 16.3. The van der Waals surface area contributed by atoms with E-state index in [9.17, 15) is 9.90 Å². The predicted molar refractivity (Wildman–Crippen MR) is 93.7 cm³/mol. The van der Waals surface area contributed by atoms with Gasteiger partial charge >= 0.3 is 0 Å². The molecule has 4 heteroatoms. The third kappa shape index (κ3) is 4.33. The summed E-state index contributed by atoms with van der Waals surface area (Å²) in [6, 6.07) is 10.4. The topological polar surface area (TPSA) is 54.3 Å². The number of hydrogen-bond acceptors (Lipinski definition) is 2. The van der Waals surface area contributed by atoms with Crippen molar-refractivity contribution >= 4 is 12.0 Å². The highest BCUT2D eigenvalue weighted by Crippen LogP contribution is 2.22. The lowest BCUT2D eigenvalue weighted by Gasteiger charge is -2.10. The van der Waals surface area contributed by atoms with E-state index in [4.69, 9.17) is 0 Å². The zero-order valence-corrected chi connectivity index (χ0v) is 14.1. The van der Waals surface area contributed by atoms with Gasteiger partial charge < -0.3 is 15.0 Å². The van der Waals surface area contributed by atoms with E-state index in [2.05, 4.69) is 54.1 Å². The van der Waals surface area contributed by atoms with Gasteiger partial charge in [0, 0.05) is 29.7 Å². The molecule has 1 aromatic carbocycles. The van der Waals surface area contributed by atoms with Gasteiger partial charge in [0.15, 0.2) is 0 Å². The summed E-state index contributed by atoms with van der Waals surface area (Å²) in [6.45, 7) is 8.06. The monoisotopic (exact) mass is 312 g/mol. The summed E-state index contributed by atoms with van der Waals surface area (Å²) in [5, 5.41) is 11.8. The minimum atomic E-state index is -0.543. The molecule has 0 aliphatic carbocycles. The maximum absolute atomic E-state index is 11.7. The van der Waals surface area contributed by atoms with Gasteiger partial charge in [-0.1, -0.05) is 17.7 Å². The quantitative estimate of drug-likeness (QED) is 0.834. The Kier molecular flexibility index (Phi) is 5.40. The molecular formula is C19H24N2O2. The van der Waals surface area contributed by atoms with Crippen molar-refractivity contribution in [1.82, 2.24) is 9.88 Å². The number of carbonyl (C=O) groups is 1. The van der Waals surface area contributed by atoms with Crippen LogP contribution in [0.5, 0.6) is 0 Å². The van der Waals surface area contributed by atoms with E-state index in [1.807, 2.05) is 13.0 Å². The number of nitrogens with zero attached hydrogens (tertiary/aromatic N) is 1. The number of nitrogens with one attached hydrogen (secondary N) is 1. The highest BCUT2D eigenvalue weighted by molar-refractivity contribution is 5.91. The van der Waals surface area contributed by atoms with Crippen LogP contribution in [0, 0.1) is 20.8 Å². The molecule has 1 unspecified atom stereocenters. The molecule has 2 N–H and O–H groups in total. The number of aliphatic hydroxyl groups excluding tert-OH is 1. The van der Waals surface area contributed by atoms with Crippen LogP contribution < -0.4 is 5.32 Å². The van der Waals surface area contributed by atoms with Crippen LogP contribution >= 0.6 is 0 Å². The molecule has 0 saturated heterocycles. The van der Waals surface area contributed by atoms with Gasteiger partial charge in [0.1, 0.15) is 0 Å². The zero-order chi connectivity index (χ0) is 17.0. The molecule has 0 bridgehead atoms. The summed E-state index contributed by atoms with van der Waals surface area (Å²) in [4.78, 5) is 11.7. The fourth-order valence-electron chi connectivity index (χ4n) is 2.52. The standard InChI is InChI=1S/C19H24N2O2/c1-13-5-8-18(9-6-13)21-14(2)11-17(16(21)4)7-10-19(23)20-12-15(3)22/h5-11,15,22H,12H2,1-4H3,(H,20,23)/b10-7+. The zero-order valence-electron chi connectivity index (χ0n) is 14.1. The molecule has 23 heavy (non-hydrogen) atoms. The normalized spacial score (nSPS) is 12.6. The summed E-state index contributed by atoms with van der Waals surface area (Å²) < 4.78 is 2.17. The van der Waals surface area contributed by atoms with Crippen LogP contribution in [0.4, 0.5) is 0 Å². The van der Waals surface area contributed by atoms with Crippen LogP contribution in [0.1, 0.15) is 29.4 Å². The summed E-state index contributed by atoms with van der Waals surface area (Å²) in [5.41, 5.74) is 5.56. The van der Waals surface area contributed by atoms with Gasteiger partial charge in [0.2, 0.25) is 5.91 Å². The second kappa shape index (κ2) is 7.29. The number of aromatic nitrogens is 1. The van der Waals surface area contributed by atoms with E-state index in [-0.39, 0.29) is 12.5 Å². The number of aryl methyl sites for hydroxylation is 2. The second-order valence-electron chi connectivity index (χ2n) is 5.92. The van der Waals surface area contributed by atoms with E-state index in [1.165, 1.54) is 11.6 Å². The van der Waals surface area contributed by atoms with Gasteiger partial charge in [0.25, 0.3) is 0 Å². The Morgan fingerprint density at radius 2 is 1.91 bits per heavy atom. The number of rotatable bonds is 5. The van der Waals surface area contributed by atoms with E-state index in [0.29, 0.717) is 0 Å². The van der Waals surface area contributed by atoms with E-state index >= 15 is 0 Å². The molecule has 1 heterocycles. The fraction of sp³-hybridized carbons (Fsp3) is 0.316. The molecule has 0 radical (unpaired) electrons. The van der Waals surface area contributed by atoms with E-state index < -0.39 is 6.10 Å². The third-order valence-electron chi connectivity index (χ3n) is 3.75. The van der Waals surface area contributed by atoms with Crippen LogP contribution in [0.25, 0.3) is 11.8 Å². The second-order valence-corrected chi connectivity index (χ2v) is 5.92. The first-order chi connectivity index (χ1) is 10.9. The largest absolute Gasteiger partial charge is 0.392 e. The van der Waals surface area contributed by atoms with E-state index in [0.717, 1.165) is 22.6 Å². The van der Waals surface area contributed by atoms with Crippen molar-refractivity contribution in [2.24, 2.45) is 0 Å². The van der Waals surface area contributed by atoms with Crippen LogP contribution in [-0.4, -0.2) is 28.2 Å². The Bertz CT molecular complexity index is 710. The smallest absolute Gasteiger partial charge is 0.244 e. The molecule has 0 aliphatic rings. The van der Waals surface area contributed by atoms with Crippen molar-refractivity contribution in [1.29, 1.82) is 0 Å². The van der Waals surface area contributed by atoms with Gasteiger partial charge in [-0.15, -0.1) is 0 Å². The lowest BCUT2D eigenvalue weighted by atomic mass is 10.2. The lowest BCUT2D eigenvalue weighted by molar-refractivity contribution is -0.116. The molecule has 0 fully saturated rings. The summed E-state index contributed by atoms with van der Waals surface area (Å²) in [7, 11) is 0. The van der Waals surface area contributed by atoms with Gasteiger partial charge in [-0.25, -0.2) is 0 Å². The molecule has 1 atom stereocenters. The van der Waals surface area contributed by atoms with Crippen LogP contribution in [0.15, 0.2) is 36.4 Å². The molecule has 0 saturated carbocycles. The number of aliphatic hydroxyl groups is 1. The minimum absolute atomic E-state index is 0.203. The van der Waals surface area contributed by atoms with Crippen molar-refractivity contribution in [3.05, 3.63) is 58.9 Å². The molecule has 122 valence electrons.